The third kappa shape index (κ3) is 5.14. The molecule has 5 nitrogen and oxygen atoms in total. The van der Waals surface area contributed by atoms with Gasteiger partial charge in [0.2, 0.25) is 5.91 Å². The molecule has 1 N–H and O–H groups in total. The lowest BCUT2D eigenvalue weighted by Gasteiger charge is -2.19. The van der Waals surface area contributed by atoms with E-state index in [0.717, 1.165) is 18.7 Å². The molecule has 1 aromatic rings. The number of amides is 1. The van der Waals surface area contributed by atoms with Crippen LogP contribution in [0.5, 0.6) is 0 Å². The van der Waals surface area contributed by atoms with Gasteiger partial charge < -0.3 is 9.84 Å². The topological polar surface area (TPSA) is 58.4 Å². The van der Waals surface area contributed by atoms with E-state index in [9.17, 15) is 4.79 Å². The van der Waals surface area contributed by atoms with Gasteiger partial charge in [0.25, 0.3) is 0 Å². The Kier molecular flexibility index (Phi) is 5.58. The van der Waals surface area contributed by atoms with Crippen LogP contribution in [-0.2, 0) is 4.79 Å². The third-order valence-corrected chi connectivity index (χ3v) is 2.49. The van der Waals surface area contributed by atoms with Gasteiger partial charge >= 0.3 is 0 Å². The second-order valence-corrected chi connectivity index (χ2v) is 4.45. The second kappa shape index (κ2) is 6.96. The highest BCUT2D eigenvalue weighted by molar-refractivity contribution is 5.89. The lowest BCUT2D eigenvalue weighted by molar-refractivity contribution is -0.116. The van der Waals surface area contributed by atoms with Gasteiger partial charge in [-0.1, -0.05) is 24.2 Å². The Morgan fingerprint density at radius 3 is 2.83 bits per heavy atom. The Bertz CT molecular complexity index is 412. The molecular weight excluding hydrogens is 230 g/mol. The summed E-state index contributed by atoms with van der Waals surface area (Å²) in [5.41, 5.74) is 1.10. The highest BCUT2D eigenvalue weighted by Gasteiger charge is 2.09. The minimum absolute atomic E-state index is 0.0523. The van der Waals surface area contributed by atoms with Crippen LogP contribution in [0, 0.1) is 6.92 Å². The molecule has 0 aliphatic heterocycles. The molecule has 0 spiro atoms. The summed E-state index contributed by atoms with van der Waals surface area (Å²) >= 11 is 0. The van der Waals surface area contributed by atoms with E-state index in [-0.39, 0.29) is 5.91 Å². The van der Waals surface area contributed by atoms with Crippen LogP contribution in [-0.4, -0.2) is 35.6 Å². The third-order valence-electron chi connectivity index (χ3n) is 2.49. The number of carbonyl (C=O) groups excluding carboxylic acids is 1. The highest BCUT2D eigenvalue weighted by atomic mass is 16.5. The second-order valence-electron chi connectivity index (χ2n) is 4.45. The van der Waals surface area contributed by atoms with Crippen molar-refractivity contribution in [2.45, 2.75) is 27.2 Å². The van der Waals surface area contributed by atoms with Crippen molar-refractivity contribution in [1.29, 1.82) is 0 Å². The van der Waals surface area contributed by atoms with Crippen LogP contribution in [0.25, 0.3) is 0 Å². The van der Waals surface area contributed by atoms with Crippen LogP contribution in [0.2, 0.25) is 0 Å². The molecule has 100 valence electrons. The molecule has 5 heteroatoms. The number of anilines is 1. The van der Waals surface area contributed by atoms with Crippen molar-refractivity contribution in [2.24, 2.45) is 0 Å². The normalized spacial score (nSPS) is 10.7. The van der Waals surface area contributed by atoms with E-state index in [1.54, 1.807) is 13.0 Å². The van der Waals surface area contributed by atoms with Gasteiger partial charge in [-0.15, -0.1) is 0 Å². The SMILES string of the molecule is C=C(C)CN(CC)CCC(=O)Nc1cc(C)on1. The maximum absolute atomic E-state index is 11.7. The number of aryl methyl sites for hydroxylation is 1. The summed E-state index contributed by atoms with van der Waals surface area (Å²) < 4.78 is 4.88. The van der Waals surface area contributed by atoms with Crippen molar-refractivity contribution in [1.82, 2.24) is 10.1 Å². The molecule has 0 aliphatic rings. The minimum Gasteiger partial charge on any atom is -0.360 e. The van der Waals surface area contributed by atoms with Crippen molar-refractivity contribution in [2.75, 3.05) is 25.0 Å². The van der Waals surface area contributed by atoms with Crippen LogP contribution in [0.4, 0.5) is 5.82 Å². The van der Waals surface area contributed by atoms with Gasteiger partial charge in [0.15, 0.2) is 5.82 Å². The largest absolute Gasteiger partial charge is 0.360 e. The Hall–Kier alpha value is -1.62. The molecule has 0 radical (unpaired) electrons. The molecule has 0 bridgehead atoms. The summed E-state index contributed by atoms with van der Waals surface area (Å²) in [6.45, 7) is 12.2. The number of carbonyl (C=O) groups is 1. The molecule has 18 heavy (non-hydrogen) atoms. The number of rotatable bonds is 7. The van der Waals surface area contributed by atoms with Gasteiger partial charge in [-0.2, -0.15) is 0 Å². The van der Waals surface area contributed by atoms with Crippen LogP contribution in [0.3, 0.4) is 0 Å². The number of hydrogen-bond acceptors (Lipinski definition) is 4. The number of aromatic nitrogens is 1. The number of nitrogens with one attached hydrogen (secondary N) is 1. The van der Waals surface area contributed by atoms with E-state index in [2.05, 4.69) is 28.9 Å². The van der Waals surface area contributed by atoms with Gasteiger partial charge in [0.05, 0.1) is 0 Å². The predicted molar refractivity (Wildman–Crippen MR) is 71.4 cm³/mol. The number of likely N-dealkylation sites (N-methyl/N-ethyl adjacent to an activating group) is 1. The lowest BCUT2D eigenvalue weighted by Crippen LogP contribution is -2.29. The first-order valence-corrected chi connectivity index (χ1v) is 6.11. The standard InChI is InChI=1S/C13H21N3O2/c1-5-16(9-10(2)3)7-6-13(17)14-12-8-11(4)18-15-12/h8H,2,5-7,9H2,1,3-4H3,(H,14,15,17). The maximum Gasteiger partial charge on any atom is 0.226 e. The van der Waals surface area contributed by atoms with Gasteiger partial charge in [0.1, 0.15) is 5.76 Å². The Morgan fingerprint density at radius 1 is 1.61 bits per heavy atom. The first-order valence-electron chi connectivity index (χ1n) is 6.11. The smallest absolute Gasteiger partial charge is 0.226 e. The fourth-order valence-corrected chi connectivity index (χ4v) is 1.62. The molecule has 1 aromatic heterocycles. The van der Waals surface area contributed by atoms with Crippen molar-refractivity contribution < 1.29 is 9.32 Å². The van der Waals surface area contributed by atoms with Crippen molar-refractivity contribution in [3.8, 4) is 0 Å². The molecule has 0 fully saturated rings. The summed E-state index contributed by atoms with van der Waals surface area (Å²) in [4.78, 5) is 13.9. The van der Waals surface area contributed by atoms with Gasteiger partial charge in [0, 0.05) is 25.6 Å². The molecule has 1 amide bonds. The van der Waals surface area contributed by atoms with Gasteiger partial charge in [-0.05, 0) is 20.4 Å². The van der Waals surface area contributed by atoms with Gasteiger partial charge in [-0.3, -0.25) is 9.69 Å². The Balaban J connectivity index is 2.33. The fourth-order valence-electron chi connectivity index (χ4n) is 1.62. The summed E-state index contributed by atoms with van der Waals surface area (Å²) in [6, 6.07) is 1.70. The zero-order valence-corrected chi connectivity index (χ0v) is 11.3. The van der Waals surface area contributed by atoms with Gasteiger partial charge in [-0.25, -0.2) is 0 Å². The lowest BCUT2D eigenvalue weighted by atomic mass is 10.3. The molecule has 1 rings (SSSR count). The summed E-state index contributed by atoms with van der Waals surface area (Å²) in [5, 5.41) is 6.42. The van der Waals surface area contributed by atoms with E-state index < -0.39 is 0 Å². The van der Waals surface area contributed by atoms with Crippen molar-refractivity contribution in [3.05, 3.63) is 24.0 Å². The molecular formula is C13H21N3O2. The molecule has 0 unspecified atom stereocenters. The first kappa shape index (κ1) is 14.4. The average Bonchev–Trinajstić information content (AvgIpc) is 2.69. The molecule has 0 aliphatic carbocycles. The van der Waals surface area contributed by atoms with E-state index in [1.807, 2.05) is 6.92 Å². The van der Waals surface area contributed by atoms with E-state index in [1.165, 1.54) is 0 Å². The summed E-state index contributed by atoms with van der Waals surface area (Å²) in [7, 11) is 0. The minimum atomic E-state index is -0.0523. The molecule has 0 saturated carbocycles. The fraction of sp³-hybridized carbons (Fsp3) is 0.538. The van der Waals surface area contributed by atoms with Crippen LogP contribution >= 0.6 is 0 Å². The summed E-state index contributed by atoms with van der Waals surface area (Å²) in [5.74, 6) is 1.10. The Labute approximate surface area is 108 Å². The van der Waals surface area contributed by atoms with Crippen molar-refractivity contribution >= 4 is 11.7 Å². The number of nitrogens with zero attached hydrogens (tertiary/aromatic N) is 2. The molecule has 0 atom stereocenters. The summed E-state index contributed by atoms with van der Waals surface area (Å²) in [6.07, 6.45) is 0.438. The highest BCUT2D eigenvalue weighted by Crippen LogP contribution is 2.07. The molecule has 0 aromatic carbocycles. The van der Waals surface area contributed by atoms with E-state index >= 15 is 0 Å². The predicted octanol–water partition coefficient (Wildman–Crippen LogP) is 2.21. The zero-order valence-electron chi connectivity index (χ0n) is 11.3. The quantitative estimate of drug-likeness (QED) is 0.755. The van der Waals surface area contributed by atoms with Crippen LogP contribution < -0.4 is 5.32 Å². The molecule has 1 heterocycles. The van der Waals surface area contributed by atoms with E-state index in [4.69, 9.17) is 4.52 Å². The van der Waals surface area contributed by atoms with Crippen LogP contribution in [0.15, 0.2) is 22.7 Å². The zero-order chi connectivity index (χ0) is 13.5. The maximum atomic E-state index is 11.7. The van der Waals surface area contributed by atoms with Crippen molar-refractivity contribution in [3.63, 3.8) is 0 Å². The number of hydrogen-bond donors (Lipinski definition) is 1. The van der Waals surface area contributed by atoms with E-state index in [0.29, 0.717) is 24.5 Å². The first-order chi connectivity index (χ1) is 8.51. The Morgan fingerprint density at radius 2 is 2.33 bits per heavy atom. The van der Waals surface area contributed by atoms with Crippen LogP contribution in [0.1, 0.15) is 26.0 Å². The monoisotopic (exact) mass is 251 g/mol. The molecule has 0 saturated heterocycles. The average molecular weight is 251 g/mol.